The first-order chi connectivity index (χ1) is 22.7. The molecule has 19 heteroatoms. The van der Waals surface area contributed by atoms with Gasteiger partial charge in [0.1, 0.15) is 0 Å². The first-order valence-corrected chi connectivity index (χ1v) is 18.5. The van der Waals surface area contributed by atoms with Crippen molar-refractivity contribution in [2.45, 2.75) is 69.8 Å². The number of carbonyl (C=O) groups is 2. The summed E-state index contributed by atoms with van der Waals surface area (Å²) in [6.07, 6.45) is 0.725. The first-order valence-electron chi connectivity index (χ1n) is 15.3. The van der Waals surface area contributed by atoms with Crippen molar-refractivity contribution in [2.75, 3.05) is 38.2 Å². The highest BCUT2D eigenvalue weighted by Gasteiger charge is 2.39. The molecule has 4 rings (SSSR count). The van der Waals surface area contributed by atoms with Crippen molar-refractivity contribution in [2.24, 2.45) is 0 Å². The van der Waals surface area contributed by atoms with E-state index in [-0.39, 0.29) is 29.7 Å². The number of amides is 2. The topological polar surface area (TPSA) is 213 Å². The van der Waals surface area contributed by atoms with Crippen molar-refractivity contribution in [3.05, 3.63) is 59.3 Å². The van der Waals surface area contributed by atoms with Crippen molar-refractivity contribution in [1.82, 2.24) is 20.5 Å². The minimum Gasteiger partial charge on any atom is -0.481 e. The number of aliphatic hydroxyl groups is 1. The van der Waals surface area contributed by atoms with Gasteiger partial charge in [-0.15, -0.1) is 0 Å². The van der Waals surface area contributed by atoms with Crippen molar-refractivity contribution in [3.8, 4) is 5.88 Å². The van der Waals surface area contributed by atoms with Crippen LogP contribution in [-0.4, -0.2) is 103 Å². The first kappa shape index (κ1) is 41.8. The Bertz CT molecular complexity index is 1570. The lowest BCUT2D eigenvalue weighted by atomic mass is 9.78. The molecule has 1 aliphatic heterocycles. The van der Waals surface area contributed by atoms with Crippen molar-refractivity contribution < 1.29 is 58.5 Å². The molecule has 1 saturated carbocycles. The highest BCUT2D eigenvalue weighted by molar-refractivity contribution is 7.85. The molecule has 49 heavy (non-hydrogen) atoms. The van der Waals surface area contributed by atoms with Crippen LogP contribution in [0, 0.1) is 0 Å². The van der Waals surface area contributed by atoms with Crippen molar-refractivity contribution in [1.29, 1.82) is 0 Å². The number of nitrogens with zero attached hydrogens (tertiary/aromatic N) is 2. The summed E-state index contributed by atoms with van der Waals surface area (Å²) in [4.78, 5) is 31.1. The van der Waals surface area contributed by atoms with E-state index < -0.39 is 49.4 Å². The molecule has 1 atom stereocenters. The Hall–Kier alpha value is -3.36. The van der Waals surface area contributed by atoms with Crippen molar-refractivity contribution >= 4 is 32.1 Å². The van der Waals surface area contributed by atoms with E-state index in [1.54, 1.807) is 19.4 Å². The van der Waals surface area contributed by atoms with Crippen LogP contribution in [0.1, 0.15) is 67.4 Å². The molecule has 2 heterocycles. The number of alkyl halides is 3. The van der Waals surface area contributed by atoms with Crippen LogP contribution in [-0.2, 0) is 36.8 Å². The second-order valence-electron chi connectivity index (χ2n) is 11.4. The fraction of sp³-hybridized carbons (Fsp3) is 0.567. The number of ether oxygens (including phenoxy) is 1. The van der Waals surface area contributed by atoms with Gasteiger partial charge in [0.2, 0.25) is 11.8 Å². The molecule has 1 aromatic carbocycles. The van der Waals surface area contributed by atoms with Gasteiger partial charge in [0.15, 0.2) is 0 Å². The number of carbonyl (C=O) groups excluding carboxylic acids is 2. The largest absolute Gasteiger partial charge is 0.481 e. The Kier molecular flexibility index (Phi) is 15.4. The third-order valence-corrected chi connectivity index (χ3v) is 9.42. The number of likely N-dealkylation sites (tertiary alicyclic amines) is 1. The van der Waals surface area contributed by atoms with Gasteiger partial charge in [0, 0.05) is 48.6 Å². The van der Waals surface area contributed by atoms with E-state index >= 15 is 0 Å². The summed E-state index contributed by atoms with van der Waals surface area (Å²) in [5.74, 6) is -1.03. The second kappa shape index (κ2) is 18.0. The molecular weight excluding hydrogens is 697 g/mol. The van der Waals surface area contributed by atoms with Crippen LogP contribution in [0.5, 0.6) is 5.88 Å². The molecule has 0 bridgehead atoms. The lowest BCUT2D eigenvalue weighted by Gasteiger charge is -2.39. The average molecular weight is 741 g/mol. The molecule has 5 N–H and O–H groups in total. The minimum absolute atomic E-state index is 0.0791. The Morgan fingerprint density at radius 1 is 1.02 bits per heavy atom. The molecule has 2 aromatic rings. The van der Waals surface area contributed by atoms with Gasteiger partial charge in [-0.3, -0.25) is 23.6 Å². The number of methoxy groups -OCH3 is 1. The maximum Gasteiger partial charge on any atom is 0.416 e. The Morgan fingerprint density at radius 2 is 1.61 bits per heavy atom. The number of benzene rings is 1. The molecule has 14 nitrogen and oxygen atoms in total. The van der Waals surface area contributed by atoms with Crippen LogP contribution in [0.4, 0.5) is 13.2 Å². The molecule has 2 amide bonds. The molecule has 1 aliphatic carbocycles. The monoisotopic (exact) mass is 740 g/mol. The number of hydrogen-bond acceptors (Lipinski definition) is 10. The molecule has 2 aliphatic rings. The summed E-state index contributed by atoms with van der Waals surface area (Å²) in [5.41, 5.74) is -1.21. The van der Waals surface area contributed by atoms with E-state index in [1.807, 2.05) is 6.07 Å². The zero-order valence-corrected chi connectivity index (χ0v) is 28.9. The molecule has 0 radical (unpaired) electrons. The molecular formula is C30H43F3N4O10S2. The number of pyridine rings is 1. The van der Waals surface area contributed by atoms with Gasteiger partial charge in [-0.1, -0.05) is 6.07 Å². The number of nitrogens with one attached hydrogen (secondary N) is 2. The van der Waals surface area contributed by atoms with Crippen LogP contribution >= 0.6 is 0 Å². The maximum absolute atomic E-state index is 12.9. The summed E-state index contributed by atoms with van der Waals surface area (Å²) in [6.45, 7) is 3.90. The van der Waals surface area contributed by atoms with Gasteiger partial charge in [-0.2, -0.15) is 30.0 Å². The van der Waals surface area contributed by atoms with Gasteiger partial charge < -0.3 is 20.5 Å². The lowest BCUT2D eigenvalue weighted by molar-refractivity contribution is -0.137. The molecule has 1 saturated heterocycles. The fourth-order valence-electron chi connectivity index (χ4n) is 5.13. The normalized spacial score (nSPS) is 21.3. The van der Waals surface area contributed by atoms with E-state index in [2.05, 4.69) is 20.5 Å². The van der Waals surface area contributed by atoms with E-state index in [4.69, 9.17) is 13.8 Å². The van der Waals surface area contributed by atoms with Crippen LogP contribution in [0.15, 0.2) is 42.6 Å². The Morgan fingerprint density at radius 3 is 2.10 bits per heavy atom. The van der Waals surface area contributed by atoms with Gasteiger partial charge in [-0.05, 0) is 70.2 Å². The Balaban J connectivity index is 0.000000594. The number of halogens is 3. The second-order valence-corrected chi connectivity index (χ2v) is 14.9. The number of rotatable bonds is 9. The highest BCUT2D eigenvalue weighted by atomic mass is 32.2. The zero-order chi connectivity index (χ0) is 37.0. The fourth-order valence-corrected chi connectivity index (χ4v) is 5.13. The summed E-state index contributed by atoms with van der Waals surface area (Å²) < 4.78 is 97.5. The molecule has 0 spiro atoms. The predicted molar refractivity (Wildman–Crippen MR) is 173 cm³/mol. The van der Waals surface area contributed by atoms with Gasteiger partial charge in [0.05, 0.1) is 36.3 Å². The van der Waals surface area contributed by atoms with Crippen LogP contribution in [0.25, 0.3) is 0 Å². The third kappa shape index (κ3) is 14.6. The third-order valence-electron chi connectivity index (χ3n) is 7.96. The minimum atomic E-state index is -4.55. The maximum atomic E-state index is 12.9. The molecule has 1 aromatic heterocycles. The molecule has 2 fully saturated rings. The standard InChI is InChI=1S/C26H31F3N4O4.2C2H6O3S/c1-37-23-6-5-19(14-30-23)25(36)10-7-21(8-11-25)33-12-9-20(16-33)32-22(34)15-31-24(35)17-3-2-4-18(13-17)26(27,28)29;2*1-2-6(3,4)5/h2-6,13-14,20-21,36H,7-12,15-16H2,1H3,(H,31,35)(H,32,34);2*2H2,1H3,(H,3,4,5)/t20-,21-,25-;;/m1../s1. The lowest BCUT2D eigenvalue weighted by Crippen LogP contribution is -2.45. The number of hydrogen-bond donors (Lipinski definition) is 5. The smallest absolute Gasteiger partial charge is 0.416 e. The summed E-state index contributed by atoms with van der Waals surface area (Å²) >= 11 is 0. The van der Waals surface area contributed by atoms with E-state index in [0.717, 1.165) is 49.6 Å². The number of aromatic nitrogens is 1. The highest BCUT2D eigenvalue weighted by Crippen LogP contribution is 2.39. The SMILES string of the molecule is CCS(=O)(=O)O.CCS(=O)(=O)O.COc1ccc([C@]2(O)CC[C@H](N3CC[C@@H](NC(=O)CNC(=O)c4cccc(C(F)(F)F)c4)C3)CC2)cn1. The van der Waals surface area contributed by atoms with Crippen LogP contribution in [0.2, 0.25) is 0 Å². The van der Waals surface area contributed by atoms with Crippen LogP contribution in [0.3, 0.4) is 0 Å². The summed E-state index contributed by atoms with van der Waals surface area (Å²) in [6, 6.07) is 7.89. The predicted octanol–water partition coefficient (Wildman–Crippen LogP) is 2.65. The van der Waals surface area contributed by atoms with Gasteiger partial charge >= 0.3 is 6.18 Å². The van der Waals surface area contributed by atoms with E-state index in [1.165, 1.54) is 19.9 Å². The summed E-state index contributed by atoms with van der Waals surface area (Å²) in [5, 5.41) is 16.4. The Labute approximate surface area is 283 Å². The molecule has 276 valence electrons. The van der Waals surface area contributed by atoms with Gasteiger partial charge in [0.25, 0.3) is 26.1 Å². The zero-order valence-electron chi connectivity index (χ0n) is 27.3. The summed E-state index contributed by atoms with van der Waals surface area (Å²) in [7, 11) is -5.78. The quantitative estimate of drug-likeness (QED) is 0.235. The molecule has 0 unspecified atom stereocenters. The van der Waals surface area contributed by atoms with Gasteiger partial charge in [-0.25, -0.2) is 4.98 Å². The van der Waals surface area contributed by atoms with Crippen LogP contribution < -0.4 is 15.4 Å². The van der Waals surface area contributed by atoms with E-state index in [0.29, 0.717) is 31.3 Å². The van der Waals surface area contributed by atoms with E-state index in [9.17, 15) is 44.7 Å². The average Bonchev–Trinajstić information content (AvgIpc) is 3.51. The van der Waals surface area contributed by atoms with Crippen molar-refractivity contribution in [3.63, 3.8) is 0 Å².